The number of rotatable bonds is 6. The molecule has 1 N–H and O–H groups in total. The van der Waals surface area contributed by atoms with Gasteiger partial charge >= 0.3 is 0 Å². The Balaban J connectivity index is 1.52. The minimum atomic E-state index is 0.494. The SMILES string of the molecule is COc1ccc(NC2CCN(Cc3cccnc3)CC2)cc1OC. The number of nitrogens with one attached hydrogen (secondary N) is 1. The van der Waals surface area contributed by atoms with E-state index in [2.05, 4.69) is 21.3 Å². The Morgan fingerprint density at radius 3 is 2.58 bits per heavy atom. The number of likely N-dealkylation sites (tertiary alicyclic amines) is 1. The van der Waals surface area contributed by atoms with Crippen molar-refractivity contribution in [1.29, 1.82) is 0 Å². The summed E-state index contributed by atoms with van der Waals surface area (Å²) >= 11 is 0. The number of piperidine rings is 1. The normalized spacial score (nSPS) is 15.9. The van der Waals surface area contributed by atoms with Crippen molar-refractivity contribution in [3.63, 3.8) is 0 Å². The highest BCUT2D eigenvalue weighted by Gasteiger charge is 2.19. The van der Waals surface area contributed by atoms with E-state index in [1.54, 1.807) is 14.2 Å². The van der Waals surface area contributed by atoms with E-state index in [9.17, 15) is 0 Å². The van der Waals surface area contributed by atoms with Crippen molar-refractivity contribution in [1.82, 2.24) is 9.88 Å². The Morgan fingerprint density at radius 1 is 1.12 bits per heavy atom. The molecule has 2 aromatic rings. The van der Waals surface area contributed by atoms with Crippen LogP contribution < -0.4 is 14.8 Å². The Hall–Kier alpha value is -2.27. The van der Waals surface area contributed by atoms with Gasteiger partial charge in [0, 0.05) is 49.8 Å². The van der Waals surface area contributed by atoms with Crippen LogP contribution in [-0.2, 0) is 6.54 Å². The molecular formula is C19H25N3O2. The summed E-state index contributed by atoms with van der Waals surface area (Å²) in [5.41, 5.74) is 2.36. The lowest BCUT2D eigenvalue weighted by Crippen LogP contribution is -2.38. The molecule has 5 nitrogen and oxygen atoms in total. The van der Waals surface area contributed by atoms with Gasteiger partial charge in [-0.25, -0.2) is 0 Å². The molecule has 0 amide bonds. The summed E-state index contributed by atoms with van der Waals surface area (Å²) in [5, 5.41) is 3.62. The van der Waals surface area contributed by atoms with Gasteiger partial charge in [-0.15, -0.1) is 0 Å². The molecule has 1 fully saturated rings. The molecule has 0 atom stereocenters. The number of pyridine rings is 1. The van der Waals surface area contributed by atoms with Crippen molar-refractivity contribution in [2.45, 2.75) is 25.4 Å². The molecule has 0 radical (unpaired) electrons. The molecule has 3 rings (SSSR count). The molecule has 1 aromatic carbocycles. The first-order valence-corrected chi connectivity index (χ1v) is 8.38. The van der Waals surface area contributed by atoms with Crippen LogP contribution >= 0.6 is 0 Å². The average Bonchev–Trinajstić information content (AvgIpc) is 2.64. The highest BCUT2D eigenvalue weighted by molar-refractivity contribution is 5.55. The van der Waals surface area contributed by atoms with Gasteiger partial charge in [0.1, 0.15) is 0 Å². The van der Waals surface area contributed by atoms with Crippen molar-refractivity contribution in [2.24, 2.45) is 0 Å². The van der Waals surface area contributed by atoms with Crippen molar-refractivity contribution in [3.05, 3.63) is 48.3 Å². The third-order valence-corrected chi connectivity index (χ3v) is 4.47. The molecule has 128 valence electrons. The van der Waals surface area contributed by atoms with Gasteiger partial charge in [0.2, 0.25) is 0 Å². The number of aromatic nitrogens is 1. The highest BCUT2D eigenvalue weighted by Crippen LogP contribution is 2.30. The molecule has 0 unspecified atom stereocenters. The molecule has 1 aromatic heterocycles. The first-order chi connectivity index (χ1) is 11.8. The van der Waals surface area contributed by atoms with Gasteiger partial charge in [-0.3, -0.25) is 9.88 Å². The molecule has 2 heterocycles. The lowest BCUT2D eigenvalue weighted by molar-refractivity contribution is 0.211. The maximum atomic E-state index is 5.37. The van der Waals surface area contributed by atoms with Crippen LogP contribution in [0.15, 0.2) is 42.7 Å². The second kappa shape index (κ2) is 8.02. The zero-order valence-corrected chi connectivity index (χ0v) is 14.4. The molecule has 1 aliphatic heterocycles. The van der Waals surface area contributed by atoms with Crippen molar-refractivity contribution in [3.8, 4) is 11.5 Å². The van der Waals surface area contributed by atoms with Gasteiger partial charge in [0.25, 0.3) is 0 Å². The molecule has 0 aliphatic carbocycles. The maximum absolute atomic E-state index is 5.37. The van der Waals surface area contributed by atoms with Crippen LogP contribution in [0.25, 0.3) is 0 Å². The van der Waals surface area contributed by atoms with E-state index in [1.165, 1.54) is 5.56 Å². The largest absolute Gasteiger partial charge is 0.493 e. The fourth-order valence-corrected chi connectivity index (χ4v) is 3.15. The molecular weight excluding hydrogens is 302 g/mol. The topological polar surface area (TPSA) is 46.6 Å². The summed E-state index contributed by atoms with van der Waals surface area (Å²) in [6.07, 6.45) is 6.04. The first kappa shape index (κ1) is 16.6. The number of ether oxygens (including phenoxy) is 2. The number of methoxy groups -OCH3 is 2. The first-order valence-electron chi connectivity index (χ1n) is 8.38. The summed E-state index contributed by atoms with van der Waals surface area (Å²) in [5.74, 6) is 1.52. The summed E-state index contributed by atoms with van der Waals surface area (Å²) in [6, 6.07) is 10.6. The van der Waals surface area contributed by atoms with E-state index < -0.39 is 0 Å². The third-order valence-electron chi connectivity index (χ3n) is 4.47. The van der Waals surface area contributed by atoms with E-state index in [4.69, 9.17) is 9.47 Å². The lowest BCUT2D eigenvalue weighted by Gasteiger charge is -2.32. The van der Waals surface area contributed by atoms with Gasteiger partial charge in [0.15, 0.2) is 11.5 Å². The Labute approximate surface area is 143 Å². The Morgan fingerprint density at radius 2 is 1.92 bits per heavy atom. The zero-order valence-electron chi connectivity index (χ0n) is 14.4. The number of hydrogen-bond donors (Lipinski definition) is 1. The van der Waals surface area contributed by atoms with Crippen LogP contribution in [0, 0.1) is 0 Å². The van der Waals surface area contributed by atoms with Crippen LogP contribution in [0.3, 0.4) is 0 Å². The van der Waals surface area contributed by atoms with E-state index in [1.807, 2.05) is 36.7 Å². The molecule has 0 bridgehead atoms. The van der Waals surface area contributed by atoms with Crippen LogP contribution in [0.1, 0.15) is 18.4 Å². The van der Waals surface area contributed by atoms with Gasteiger partial charge in [0.05, 0.1) is 14.2 Å². The van der Waals surface area contributed by atoms with Crippen LogP contribution in [0.5, 0.6) is 11.5 Å². The number of anilines is 1. The van der Waals surface area contributed by atoms with Gasteiger partial charge in [-0.2, -0.15) is 0 Å². The Kier molecular flexibility index (Phi) is 5.54. The summed E-state index contributed by atoms with van der Waals surface area (Å²) in [7, 11) is 3.32. The standard InChI is InChI=1S/C19H25N3O2/c1-23-18-6-5-17(12-19(18)24-2)21-16-7-10-22(11-8-16)14-15-4-3-9-20-13-15/h3-6,9,12-13,16,21H,7-8,10-11,14H2,1-2H3. The fraction of sp³-hybridized carbons (Fsp3) is 0.421. The molecule has 5 heteroatoms. The Bertz CT molecular complexity index is 640. The van der Waals surface area contributed by atoms with Gasteiger partial charge < -0.3 is 14.8 Å². The number of hydrogen-bond acceptors (Lipinski definition) is 5. The monoisotopic (exact) mass is 327 g/mol. The average molecular weight is 327 g/mol. The van der Waals surface area contributed by atoms with Crippen molar-refractivity contribution in [2.75, 3.05) is 32.6 Å². The molecule has 1 saturated heterocycles. The van der Waals surface area contributed by atoms with Crippen LogP contribution in [-0.4, -0.2) is 43.2 Å². The quantitative estimate of drug-likeness (QED) is 0.883. The summed E-state index contributed by atoms with van der Waals surface area (Å²) in [6.45, 7) is 3.18. The summed E-state index contributed by atoms with van der Waals surface area (Å²) < 4.78 is 10.7. The van der Waals surface area contributed by atoms with Gasteiger partial charge in [-0.1, -0.05) is 6.07 Å². The summed E-state index contributed by atoms with van der Waals surface area (Å²) in [4.78, 5) is 6.68. The predicted octanol–water partition coefficient (Wildman–Crippen LogP) is 3.18. The van der Waals surface area contributed by atoms with E-state index in [0.29, 0.717) is 6.04 Å². The lowest BCUT2D eigenvalue weighted by atomic mass is 10.0. The van der Waals surface area contributed by atoms with Crippen molar-refractivity contribution >= 4 is 5.69 Å². The number of benzene rings is 1. The second-order valence-corrected chi connectivity index (χ2v) is 6.13. The predicted molar refractivity (Wildman–Crippen MR) is 95.7 cm³/mol. The smallest absolute Gasteiger partial charge is 0.162 e. The molecule has 0 saturated carbocycles. The van der Waals surface area contributed by atoms with E-state index >= 15 is 0 Å². The molecule has 0 spiro atoms. The van der Waals surface area contributed by atoms with Crippen LogP contribution in [0.2, 0.25) is 0 Å². The highest BCUT2D eigenvalue weighted by atomic mass is 16.5. The minimum absolute atomic E-state index is 0.494. The zero-order chi connectivity index (χ0) is 16.8. The molecule has 1 aliphatic rings. The minimum Gasteiger partial charge on any atom is -0.493 e. The second-order valence-electron chi connectivity index (χ2n) is 6.13. The third kappa shape index (κ3) is 4.17. The van der Waals surface area contributed by atoms with E-state index in [-0.39, 0.29) is 0 Å². The van der Waals surface area contributed by atoms with E-state index in [0.717, 1.165) is 49.7 Å². The number of nitrogens with zero attached hydrogens (tertiary/aromatic N) is 2. The van der Waals surface area contributed by atoms with Gasteiger partial charge in [-0.05, 0) is 36.6 Å². The molecule has 24 heavy (non-hydrogen) atoms. The fourth-order valence-electron chi connectivity index (χ4n) is 3.15. The van der Waals surface area contributed by atoms with Crippen molar-refractivity contribution < 1.29 is 9.47 Å². The van der Waals surface area contributed by atoms with Crippen LogP contribution in [0.4, 0.5) is 5.69 Å². The maximum Gasteiger partial charge on any atom is 0.162 e.